The summed E-state index contributed by atoms with van der Waals surface area (Å²) in [5.41, 5.74) is 4.68. The highest BCUT2D eigenvalue weighted by Crippen LogP contribution is 2.02. The number of carboxylic acid groups (broad SMARTS) is 1. The van der Waals surface area contributed by atoms with E-state index in [1.165, 1.54) is 0 Å². The van der Waals surface area contributed by atoms with Crippen LogP contribution in [0.5, 0.6) is 0 Å². The van der Waals surface area contributed by atoms with Crippen molar-refractivity contribution < 1.29 is 28.8 Å². The van der Waals surface area contributed by atoms with E-state index >= 15 is 0 Å². The van der Waals surface area contributed by atoms with Gasteiger partial charge >= 0.3 is 5.97 Å². The van der Waals surface area contributed by atoms with Crippen LogP contribution in [-0.4, -0.2) is 47.8 Å². The van der Waals surface area contributed by atoms with E-state index in [1.807, 2.05) is 0 Å². The molecule has 0 spiro atoms. The molecule has 0 saturated carbocycles. The first kappa shape index (κ1) is 13.6. The third-order valence-electron chi connectivity index (χ3n) is 1.73. The highest BCUT2D eigenvalue weighted by Gasteiger charge is 2.15. The van der Waals surface area contributed by atoms with E-state index in [4.69, 9.17) is 15.6 Å². The Hall–Kier alpha value is -2.42. The second-order valence-corrected chi connectivity index (χ2v) is 3.16. The van der Waals surface area contributed by atoms with Gasteiger partial charge in [-0.25, -0.2) is 4.79 Å². The molecule has 0 aliphatic heterocycles. The van der Waals surface area contributed by atoms with E-state index in [9.17, 15) is 14.4 Å². The zero-order chi connectivity index (χ0) is 13.5. The van der Waals surface area contributed by atoms with Crippen molar-refractivity contribution in [2.45, 2.75) is 0 Å². The summed E-state index contributed by atoms with van der Waals surface area (Å²) >= 11 is 0. The molecule has 98 valence electrons. The lowest BCUT2D eigenvalue weighted by Crippen LogP contribution is -2.29. The van der Waals surface area contributed by atoms with E-state index in [0.717, 1.165) is 6.07 Å². The van der Waals surface area contributed by atoms with E-state index < -0.39 is 23.5 Å². The SMILES string of the molecule is NC(=O)COCCNC(=O)c1cc(C(=O)O)on1. The van der Waals surface area contributed by atoms with Gasteiger partial charge in [-0.3, -0.25) is 9.59 Å². The lowest BCUT2D eigenvalue weighted by atomic mass is 10.3. The van der Waals surface area contributed by atoms with E-state index in [-0.39, 0.29) is 25.5 Å². The van der Waals surface area contributed by atoms with Crippen molar-refractivity contribution in [2.24, 2.45) is 5.73 Å². The summed E-state index contributed by atoms with van der Waals surface area (Å²) in [6, 6.07) is 1.00. The molecular formula is C9H11N3O6. The standard InChI is InChI=1S/C9H11N3O6/c10-7(13)4-17-2-1-11-8(14)5-3-6(9(15)16)18-12-5/h3H,1-2,4H2,(H2,10,13)(H,11,14)(H,15,16). The quantitative estimate of drug-likeness (QED) is 0.509. The van der Waals surface area contributed by atoms with Crippen LogP contribution in [0.1, 0.15) is 21.0 Å². The molecule has 0 aliphatic rings. The first-order valence-electron chi connectivity index (χ1n) is 4.85. The van der Waals surface area contributed by atoms with Gasteiger partial charge in [0, 0.05) is 12.6 Å². The summed E-state index contributed by atoms with van der Waals surface area (Å²) in [6.07, 6.45) is 0. The van der Waals surface area contributed by atoms with Crippen molar-refractivity contribution in [2.75, 3.05) is 19.8 Å². The Morgan fingerprint density at radius 2 is 2.22 bits per heavy atom. The molecule has 1 aromatic rings. The van der Waals surface area contributed by atoms with Crippen LogP contribution in [0.4, 0.5) is 0 Å². The molecule has 1 aromatic heterocycles. The number of carboxylic acids is 1. The van der Waals surface area contributed by atoms with Gasteiger partial charge in [-0.2, -0.15) is 0 Å². The minimum absolute atomic E-state index is 0.0956. The molecule has 0 aromatic carbocycles. The minimum Gasteiger partial charge on any atom is -0.475 e. The lowest BCUT2D eigenvalue weighted by molar-refractivity contribution is -0.122. The van der Waals surface area contributed by atoms with Gasteiger partial charge in [0.2, 0.25) is 11.7 Å². The van der Waals surface area contributed by atoms with Gasteiger partial charge < -0.3 is 25.4 Å². The number of nitrogens with one attached hydrogen (secondary N) is 1. The van der Waals surface area contributed by atoms with Crippen molar-refractivity contribution in [1.29, 1.82) is 0 Å². The second kappa shape index (κ2) is 6.35. The fourth-order valence-electron chi connectivity index (χ4n) is 0.983. The van der Waals surface area contributed by atoms with Gasteiger partial charge in [-0.05, 0) is 0 Å². The molecule has 0 saturated heterocycles. The van der Waals surface area contributed by atoms with E-state index in [1.54, 1.807) is 0 Å². The molecule has 0 unspecified atom stereocenters. The Morgan fingerprint density at radius 3 is 2.78 bits per heavy atom. The van der Waals surface area contributed by atoms with E-state index in [0.29, 0.717) is 0 Å². The zero-order valence-corrected chi connectivity index (χ0v) is 9.21. The number of hydrogen-bond donors (Lipinski definition) is 3. The minimum atomic E-state index is -1.31. The Balaban J connectivity index is 2.32. The fraction of sp³-hybridized carbons (Fsp3) is 0.333. The van der Waals surface area contributed by atoms with Crippen molar-refractivity contribution in [3.63, 3.8) is 0 Å². The maximum atomic E-state index is 11.4. The first-order chi connectivity index (χ1) is 8.50. The number of rotatable bonds is 7. The van der Waals surface area contributed by atoms with Gasteiger partial charge in [0.15, 0.2) is 5.69 Å². The van der Waals surface area contributed by atoms with Crippen molar-refractivity contribution >= 4 is 17.8 Å². The van der Waals surface area contributed by atoms with Crippen molar-refractivity contribution in [3.8, 4) is 0 Å². The normalized spacial score (nSPS) is 10.0. The second-order valence-electron chi connectivity index (χ2n) is 3.16. The monoisotopic (exact) mass is 257 g/mol. The number of carbonyl (C=O) groups excluding carboxylic acids is 2. The number of primary amides is 1. The molecule has 1 rings (SSSR count). The van der Waals surface area contributed by atoms with Crippen LogP contribution < -0.4 is 11.1 Å². The summed E-state index contributed by atoms with van der Waals surface area (Å²) in [5.74, 6) is -2.95. The Kier molecular flexibility index (Phi) is 4.81. The van der Waals surface area contributed by atoms with Crippen LogP contribution in [0.25, 0.3) is 0 Å². The Bertz CT molecular complexity index is 455. The van der Waals surface area contributed by atoms with Gasteiger partial charge in [0.05, 0.1) is 6.61 Å². The number of nitrogens with zero attached hydrogens (tertiary/aromatic N) is 1. The third kappa shape index (κ3) is 4.22. The third-order valence-corrected chi connectivity index (χ3v) is 1.73. The van der Waals surface area contributed by atoms with Crippen molar-refractivity contribution in [1.82, 2.24) is 10.5 Å². The summed E-state index contributed by atoms with van der Waals surface area (Å²) in [7, 11) is 0. The number of hydrogen-bond acceptors (Lipinski definition) is 6. The summed E-state index contributed by atoms with van der Waals surface area (Å²) < 4.78 is 9.20. The number of amides is 2. The van der Waals surface area contributed by atoms with Gasteiger partial charge in [0.25, 0.3) is 5.91 Å². The molecule has 18 heavy (non-hydrogen) atoms. The molecule has 0 fully saturated rings. The van der Waals surface area contributed by atoms with Crippen LogP contribution in [0.2, 0.25) is 0 Å². The molecular weight excluding hydrogens is 246 g/mol. The fourth-order valence-corrected chi connectivity index (χ4v) is 0.983. The largest absolute Gasteiger partial charge is 0.475 e. The Labute approximate surface area is 101 Å². The molecule has 0 radical (unpaired) electrons. The van der Waals surface area contributed by atoms with Gasteiger partial charge in [-0.15, -0.1) is 0 Å². The van der Waals surface area contributed by atoms with Gasteiger partial charge in [-0.1, -0.05) is 5.16 Å². The van der Waals surface area contributed by atoms with Gasteiger partial charge in [0.1, 0.15) is 6.61 Å². The van der Waals surface area contributed by atoms with Crippen LogP contribution in [-0.2, 0) is 9.53 Å². The highest BCUT2D eigenvalue weighted by molar-refractivity contribution is 5.94. The molecule has 0 atom stereocenters. The predicted molar refractivity (Wildman–Crippen MR) is 55.8 cm³/mol. The first-order valence-corrected chi connectivity index (χ1v) is 4.85. The maximum Gasteiger partial charge on any atom is 0.374 e. The predicted octanol–water partition coefficient (Wildman–Crippen LogP) is -1.40. The molecule has 2 amide bonds. The molecule has 9 nitrogen and oxygen atoms in total. The lowest BCUT2D eigenvalue weighted by Gasteiger charge is -2.02. The smallest absolute Gasteiger partial charge is 0.374 e. The molecule has 1 heterocycles. The molecule has 0 bridgehead atoms. The summed E-state index contributed by atoms with van der Waals surface area (Å²) in [4.78, 5) is 32.2. The average molecular weight is 257 g/mol. The van der Waals surface area contributed by atoms with Crippen molar-refractivity contribution in [3.05, 3.63) is 17.5 Å². The number of ether oxygens (including phenoxy) is 1. The van der Waals surface area contributed by atoms with Crippen LogP contribution >= 0.6 is 0 Å². The average Bonchev–Trinajstić information content (AvgIpc) is 2.77. The Morgan fingerprint density at radius 1 is 1.50 bits per heavy atom. The molecule has 9 heteroatoms. The number of aromatic carboxylic acids is 1. The van der Waals surface area contributed by atoms with Crippen LogP contribution in [0.15, 0.2) is 10.6 Å². The topological polar surface area (TPSA) is 145 Å². The van der Waals surface area contributed by atoms with Crippen LogP contribution in [0.3, 0.4) is 0 Å². The maximum absolute atomic E-state index is 11.4. The number of carbonyl (C=O) groups is 3. The summed E-state index contributed by atoms with van der Waals surface area (Å²) in [5, 5.41) is 14.2. The molecule has 4 N–H and O–H groups in total. The summed E-state index contributed by atoms with van der Waals surface area (Å²) in [6.45, 7) is -0.0112. The van der Waals surface area contributed by atoms with E-state index in [2.05, 4.69) is 15.0 Å². The molecule has 0 aliphatic carbocycles. The van der Waals surface area contributed by atoms with Crippen LogP contribution in [0, 0.1) is 0 Å². The number of aromatic nitrogens is 1. The highest BCUT2D eigenvalue weighted by atomic mass is 16.5. The zero-order valence-electron chi connectivity index (χ0n) is 9.21. The number of nitrogens with two attached hydrogens (primary N) is 1.